The number of hydrogen-bond acceptors (Lipinski definition) is 7. The second-order valence-electron chi connectivity index (χ2n) is 6.38. The number of anilines is 2. The van der Waals surface area contributed by atoms with E-state index in [-0.39, 0.29) is 5.91 Å². The first-order valence-electron chi connectivity index (χ1n) is 8.61. The highest BCUT2D eigenvalue weighted by Crippen LogP contribution is 2.23. The molecule has 0 spiro atoms. The summed E-state index contributed by atoms with van der Waals surface area (Å²) >= 11 is 5.80. The van der Waals surface area contributed by atoms with Crippen LogP contribution in [0.2, 0.25) is 5.02 Å². The molecule has 0 unspecified atom stereocenters. The summed E-state index contributed by atoms with van der Waals surface area (Å²) in [5.74, 6) is 1.31. The maximum Gasteiger partial charge on any atom is 0.239 e. The molecule has 0 aromatic carbocycles. The number of rotatable bonds is 4. The normalized spacial score (nSPS) is 15.3. The highest BCUT2D eigenvalue weighted by Gasteiger charge is 2.22. The van der Waals surface area contributed by atoms with Crippen molar-refractivity contribution in [2.45, 2.75) is 0 Å². The molecule has 1 amide bonds. The van der Waals surface area contributed by atoms with Crippen LogP contribution >= 0.6 is 11.6 Å². The topological polar surface area (TPSA) is 92.1 Å². The molecule has 0 saturated carbocycles. The van der Waals surface area contributed by atoms with Crippen LogP contribution in [0.3, 0.4) is 0 Å². The van der Waals surface area contributed by atoms with Crippen LogP contribution in [0.25, 0.3) is 11.0 Å². The minimum atomic E-state index is -0.0880. The third kappa shape index (κ3) is 3.83. The molecule has 1 aliphatic rings. The van der Waals surface area contributed by atoms with Gasteiger partial charge in [-0.2, -0.15) is 5.10 Å². The van der Waals surface area contributed by atoms with Gasteiger partial charge in [-0.3, -0.25) is 14.4 Å². The van der Waals surface area contributed by atoms with E-state index in [2.05, 4.69) is 35.2 Å². The van der Waals surface area contributed by atoms with E-state index in [0.29, 0.717) is 17.4 Å². The lowest BCUT2D eigenvalue weighted by molar-refractivity contribution is -0.117. The Labute approximate surface area is 161 Å². The summed E-state index contributed by atoms with van der Waals surface area (Å²) in [6, 6.07) is 3.39. The van der Waals surface area contributed by atoms with E-state index in [4.69, 9.17) is 11.6 Å². The lowest BCUT2D eigenvalue weighted by Crippen LogP contribution is -2.49. The summed E-state index contributed by atoms with van der Waals surface area (Å²) in [7, 11) is 1.87. The Balaban J connectivity index is 1.34. The lowest BCUT2D eigenvalue weighted by atomic mass is 10.2. The van der Waals surface area contributed by atoms with E-state index in [0.717, 1.165) is 43.0 Å². The van der Waals surface area contributed by atoms with Gasteiger partial charge in [-0.25, -0.2) is 15.0 Å². The fourth-order valence-electron chi connectivity index (χ4n) is 3.15. The van der Waals surface area contributed by atoms with E-state index in [1.54, 1.807) is 29.3 Å². The van der Waals surface area contributed by atoms with Crippen LogP contribution in [-0.2, 0) is 11.8 Å². The number of nitrogens with zero attached hydrogens (tertiary/aromatic N) is 7. The molecule has 3 aromatic heterocycles. The monoisotopic (exact) mass is 386 g/mol. The standard InChI is InChI=1S/C17H19ClN8O/c1-24-16-13(9-22-24)17(21-11-20-16)26-6-4-25(5-7-26)10-15(27)23-14-3-2-12(18)8-19-14/h2-3,8-9,11H,4-7,10H2,1H3,(H,19,23,27). The first-order chi connectivity index (χ1) is 13.1. The predicted molar refractivity (Wildman–Crippen MR) is 103 cm³/mol. The highest BCUT2D eigenvalue weighted by molar-refractivity contribution is 6.30. The van der Waals surface area contributed by atoms with E-state index < -0.39 is 0 Å². The second kappa shape index (κ2) is 7.45. The average Bonchev–Trinajstić information content (AvgIpc) is 3.06. The zero-order chi connectivity index (χ0) is 18.8. The van der Waals surface area contributed by atoms with Crippen molar-refractivity contribution in [1.82, 2.24) is 29.6 Å². The molecule has 3 aromatic rings. The van der Waals surface area contributed by atoms with Crippen LogP contribution in [0.15, 0.2) is 30.9 Å². The minimum absolute atomic E-state index is 0.0880. The molecule has 0 radical (unpaired) electrons. The molecule has 0 atom stereocenters. The minimum Gasteiger partial charge on any atom is -0.353 e. The molecule has 1 fully saturated rings. The molecule has 9 nitrogen and oxygen atoms in total. The molecule has 27 heavy (non-hydrogen) atoms. The molecule has 4 heterocycles. The molecule has 140 valence electrons. The lowest BCUT2D eigenvalue weighted by Gasteiger charge is -2.35. The van der Waals surface area contributed by atoms with Gasteiger partial charge in [0.25, 0.3) is 0 Å². The Morgan fingerprint density at radius 1 is 1.15 bits per heavy atom. The number of fused-ring (bicyclic) bond motifs is 1. The predicted octanol–water partition coefficient (Wildman–Crippen LogP) is 1.17. The number of carbonyl (C=O) groups is 1. The molecule has 1 N–H and O–H groups in total. The van der Waals surface area contributed by atoms with E-state index in [1.165, 1.54) is 6.20 Å². The van der Waals surface area contributed by atoms with Crippen LogP contribution in [0, 0.1) is 0 Å². The number of piperazine rings is 1. The van der Waals surface area contributed by atoms with Gasteiger partial charge in [0.15, 0.2) is 5.65 Å². The Bertz CT molecular complexity index is 949. The van der Waals surface area contributed by atoms with E-state index in [1.807, 2.05) is 7.05 Å². The van der Waals surface area contributed by atoms with Crippen molar-refractivity contribution in [2.75, 3.05) is 42.9 Å². The first-order valence-corrected chi connectivity index (χ1v) is 8.99. The first kappa shape index (κ1) is 17.6. The van der Waals surface area contributed by atoms with Gasteiger partial charge in [-0.1, -0.05) is 11.6 Å². The summed E-state index contributed by atoms with van der Waals surface area (Å²) in [5, 5.41) is 8.53. The SMILES string of the molecule is Cn1ncc2c(N3CCN(CC(=O)Nc4ccc(Cl)cn4)CC3)ncnc21. The number of aryl methyl sites for hydroxylation is 1. The van der Waals surface area contributed by atoms with Crippen molar-refractivity contribution >= 4 is 40.2 Å². The summed E-state index contributed by atoms with van der Waals surface area (Å²) in [5.41, 5.74) is 0.817. The van der Waals surface area contributed by atoms with Crippen LogP contribution < -0.4 is 10.2 Å². The molecule has 0 aliphatic carbocycles. The fourth-order valence-corrected chi connectivity index (χ4v) is 3.27. The van der Waals surface area contributed by atoms with Crippen molar-refractivity contribution in [2.24, 2.45) is 7.05 Å². The Morgan fingerprint density at radius 3 is 2.70 bits per heavy atom. The van der Waals surface area contributed by atoms with Crippen LogP contribution in [0.1, 0.15) is 0 Å². The number of aromatic nitrogens is 5. The number of nitrogens with one attached hydrogen (secondary N) is 1. The maximum atomic E-state index is 12.2. The van der Waals surface area contributed by atoms with Crippen LogP contribution in [0.4, 0.5) is 11.6 Å². The molecule has 10 heteroatoms. The molecule has 1 aliphatic heterocycles. The van der Waals surface area contributed by atoms with Crippen LogP contribution in [0.5, 0.6) is 0 Å². The average molecular weight is 387 g/mol. The third-order valence-corrected chi connectivity index (χ3v) is 4.77. The fraction of sp³-hybridized carbons (Fsp3) is 0.353. The van der Waals surface area contributed by atoms with Crippen molar-refractivity contribution in [3.8, 4) is 0 Å². The highest BCUT2D eigenvalue weighted by atomic mass is 35.5. The zero-order valence-electron chi connectivity index (χ0n) is 14.8. The Hall–Kier alpha value is -2.78. The van der Waals surface area contributed by atoms with Crippen molar-refractivity contribution in [3.05, 3.63) is 35.9 Å². The van der Waals surface area contributed by atoms with Gasteiger partial charge in [0, 0.05) is 39.4 Å². The van der Waals surface area contributed by atoms with Crippen molar-refractivity contribution in [1.29, 1.82) is 0 Å². The molecular weight excluding hydrogens is 368 g/mol. The molecule has 4 rings (SSSR count). The Kier molecular flexibility index (Phi) is 4.87. The summed E-state index contributed by atoms with van der Waals surface area (Å²) in [4.78, 5) is 29.3. The third-order valence-electron chi connectivity index (χ3n) is 4.54. The quantitative estimate of drug-likeness (QED) is 0.719. The van der Waals surface area contributed by atoms with Gasteiger partial charge in [0.2, 0.25) is 5.91 Å². The summed E-state index contributed by atoms with van der Waals surface area (Å²) < 4.78 is 1.74. The number of amides is 1. The molecular formula is C17H19ClN8O. The summed E-state index contributed by atoms with van der Waals surface area (Å²) in [6.07, 6.45) is 4.87. The van der Waals surface area contributed by atoms with E-state index >= 15 is 0 Å². The smallest absolute Gasteiger partial charge is 0.239 e. The number of pyridine rings is 1. The van der Waals surface area contributed by atoms with Crippen molar-refractivity contribution < 1.29 is 4.79 Å². The molecule has 1 saturated heterocycles. The van der Waals surface area contributed by atoms with Gasteiger partial charge in [0.05, 0.1) is 23.2 Å². The van der Waals surface area contributed by atoms with Crippen molar-refractivity contribution in [3.63, 3.8) is 0 Å². The molecule has 0 bridgehead atoms. The Morgan fingerprint density at radius 2 is 1.96 bits per heavy atom. The van der Waals surface area contributed by atoms with E-state index in [9.17, 15) is 4.79 Å². The van der Waals surface area contributed by atoms with Gasteiger partial charge in [-0.15, -0.1) is 0 Å². The second-order valence-corrected chi connectivity index (χ2v) is 6.81. The van der Waals surface area contributed by atoms with Gasteiger partial charge in [0.1, 0.15) is 18.0 Å². The van der Waals surface area contributed by atoms with Gasteiger partial charge < -0.3 is 10.2 Å². The largest absolute Gasteiger partial charge is 0.353 e. The van der Waals surface area contributed by atoms with Crippen LogP contribution in [-0.4, -0.2) is 68.3 Å². The number of halogens is 1. The van der Waals surface area contributed by atoms with Gasteiger partial charge >= 0.3 is 0 Å². The maximum absolute atomic E-state index is 12.2. The van der Waals surface area contributed by atoms with Gasteiger partial charge in [-0.05, 0) is 12.1 Å². The number of carbonyl (C=O) groups excluding carboxylic acids is 1. The zero-order valence-corrected chi connectivity index (χ0v) is 15.6. The number of hydrogen-bond donors (Lipinski definition) is 1. The summed E-state index contributed by atoms with van der Waals surface area (Å²) in [6.45, 7) is 3.44.